The standard InChI is InChI=1S/C11H19N3O2S/c1-3-16-9-10(12)14-17-11(9)13-7(2)8-4-5-15-6-8/h7-8,13H,3-6H2,1-2H3,(H2,12,14). The van der Waals surface area contributed by atoms with Crippen molar-refractivity contribution in [2.45, 2.75) is 26.3 Å². The van der Waals surface area contributed by atoms with Crippen LogP contribution in [-0.2, 0) is 4.74 Å². The van der Waals surface area contributed by atoms with Crippen molar-refractivity contribution < 1.29 is 9.47 Å². The molecule has 0 aliphatic carbocycles. The first-order valence-electron chi connectivity index (χ1n) is 5.94. The number of aromatic nitrogens is 1. The van der Waals surface area contributed by atoms with Gasteiger partial charge in [-0.3, -0.25) is 0 Å². The van der Waals surface area contributed by atoms with Crippen LogP contribution in [0, 0.1) is 5.92 Å². The molecule has 17 heavy (non-hydrogen) atoms. The van der Waals surface area contributed by atoms with Crippen molar-refractivity contribution >= 4 is 22.4 Å². The number of rotatable bonds is 5. The second-order valence-corrected chi connectivity index (χ2v) is 4.99. The van der Waals surface area contributed by atoms with Gasteiger partial charge in [0.05, 0.1) is 13.2 Å². The van der Waals surface area contributed by atoms with E-state index in [1.54, 1.807) is 0 Å². The molecule has 1 saturated heterocycles. The lowest BCUT2D eigenvalue weighted by molar-refractivity contribution is 0.183. The van der Waals surface area contributed by atoms with E-state index < -0.39 is 0 Å². The van der Waals surface area contributed by atoms with Gasteiger partial charge in [0.2, 0.25) is 0 Å². The summed E-state index contributed by atoms with van der Waals surface area (Å²) in [6.07, 6.45) is 1.10. The summed E-state index contributed by atoms with van der Waals surface area (Å²) < 4.78 is 15.0. The minimum atomic E-state index is 0.344. The Balaban J connectivity index is 2.01. The second kappa shape index (κ2) is 5.55. The molecule has 2 unspecified atom stereocenters. The minimum absolute atomic E-state index is 0.344. The smallest absolute Gasteiger partial charge is 0.197 e. The van der Waals surface area contributed by atoms with Crippen LogP contribution in [0.2, 0.25) is 0 Å². The summed E-state index contributed by atoms with van der Waals surface area (Å²) in [5.41, 5.74) is 5.77. The van der Waals surface area contributed by atoms with Crippen molar-refractivity contribution in [2.75, 3.05) is 30.9 Å². The van der Waals surface area contributed by atoms with Gasteiger partial charge in [0.1, 0.15) is 0 Å². The topological polar surface area (TPSA) is 69.4 Å². The monoisotopic (exact) mass is 257 g/mol. The predicted molar refractivity (Wildman–Crippen MR) is 69.7 cm³/mol. The average Bonchev–Trinajstić information content (AvgIpc) is 2.93. The number of nitrogen functional groups attached to an aromatic ring is 1. The van der Waals surface area contributed by atoms with Gasteiger partial charge < -0.3 is 20.5 Å². The molecule has 1 aromatic rings. The first-order chi connectivity index (χ1) is 8.22. The zero-order valence-corrected chi connectivity index (χ0v) is 11.0. The molecule has 0 aromatic carbocycles. The van der Waals surface area contributed by atoms with Crippen LogP contribution in [0.15, 0.2) is 0 Å². The summed E-state index contributed by atoms with van der Waals surface area (Å²) >= 11 is 1.35. The third-order valence-corrected chi connectivity index (χ3v) is 3.77. The highest BCUT2D eigenvalue weighted by Gasteiger charge is 2.24. The van der Waals surface area contributed by atoms with Crippen LogP contribution in [0.3, 0.4) is 0 Å². The summed E-state index contributed by atoms with van der Waals surface area (Å²) in [7, 11) is 0. The fourth-order valence-electron chi connectivity index (χ4n) is 1.94. The maximum Gasteiger partial charge on any atom is 0.197 e. The molecule has 2 atom stereocenters. The average molecular weight is 257 g/mol. The van der Waals surface area contributed by atoms with Crippen molar-refractivity contribution in [3.8, 4) is 5.75 Å². The highest BCUT2D eigenvalue weighted by molar-refractivity contribution is 7.11. The summed E-state index contributed by atoms with van der Waals surface area (Å²) in [4.78, 5) is 0. The molecule has 3 N–H and O–H groups in total. The maximum atomic E-state index is 5.77. The zero-order valence-electron chi connectivity index (χ0n) is 10.2. The third-order valence-electron chi connectivity index (χ3n) is 2.99. The van der Waals surface area contributed by atoms with Crippen LogP contribution in [0.25, 0.3) is 0 Å². The van der Waals surface area contributed by atoms with Gasteiger partial charge in [-0.1, -0.05) is 0 Å². The van der Waals surface area contributed by atoms with Gasteiger partial charge in [-0.15, -0.1) is 0 Å². The Morgan fingerprint density at radius 1 is 1.71 bits per heavy atom. The minimum Gasteiger partial charge on any atom is -0.487 e. The molecule has 2 rings (SSSR count). The molecule has 2 heterocycles. The molecule has 0 amide bonds. The normalized spacial score (nSPS) is 21.4. The number of hydrogen-bond acceptors (Lipinski definition) is 6. The molecular formula is C11H19N3O2S. The molecule has 1 aromatic heterocycles. The molecule has 0 spiro atoms. The van der Waals surface area contributed by atoms with Crippen molar-refractivity contribution in [3.05, 3.63) is 0 Å². The van der Waals surface area contributed by atoms with E-state index in [0.717, 1.165) is 24.6 Å². The zero-order chi connectivity index (χ0) is 12.3. The Morgan fingerprint density at radius 2 is 2.53 bits per heavy atom. The highest BCUT2D eigenvalue weighted by atomic mass is 32.1. The van der Waals surface area contributed by atoms with E-state index in [1.807, 2.05) is 6.92 Å². The number of nitrogens with two attached hydrogens (primary N) is 1. The van der Waals surface area contributed by atoms with E-state index in [1.165, 1.54) is 11.5 Å². The third kappa shape index (κ3) is 2.81. The van der Waals surface area contributed by atoms with Crippen LogP contribution in [0.5, 0.6) is 5.75 Å². The van der Waals surface area contributed by atoms with Gasteiger partial charge in [0.25, 0.3) is 0 Å². The largest absolute Gasteiger partial charge is 0.487 e. The Kier molecular flexibility index (Phi) is 4.06. The number of ether oxygens (including phenoxy) is 2. The van der Waals surface area contributed by atoms with E-state index in [9.17, 15) is 0 Å². The maximum absolute atomic E-state index is 5.77. The first-order valence-corrected chi connectivity index (χ1v) is 6.72. The second-order valence-electron chi connectivity index (χ2n) is 4.22. The van der Waals surface area contributed by atoms with Crippen molar-refractivity contribution in [1.29, 1.82) is 0 Å². The van der Waals surface area contributed by atoms with Crippen LogP contribution in [-0.4, -0.2) is 30.2 Å². The van der Waals surface area contributed by atoms with E-state index in [-0.39, 0.29) is 0 Å². The Labute approximate surface area is 105 Å². The lowest BCUT2D eigenvalue weighted by Crippen LogP contribution is -2.25. The van der Waals surface area contributed by atoms with Gasteiger partial charge in [0, 0.05) is 18.6 Å². The van der Waals surface area contributed by atoms with Gasteiger partial charge in [-0.2, -0.15) is 4.37 Å². The molecule has 96 valence electrons. The first kappa shape index (κ1) is 12.4. The summed E-state index contributed by atoms with van der Waals surface area (Å²) in [6.45, 7) is 6.38. The van der Waals surface area contributed by atoms with Gasteiger partial charge in [0.15, 0.2) is 16.6 Å². The lowest BCUT2D eigenvalue weighted by Gasteiger charge is -2.19. The highest BCUT2D eigenvalue weighted by Crippen LogP contribution is 2.36. The van der Waals surface area contributed by atoms with Crippen LogP contribution in [0.4, 0.5) is 10.8 Å². The Morgan fingerprint density at radius 3 is 3.18 bits per heavy atom. The molecule has 1 aliphatic heterocycles. The summed E-state index contributed by atoms with van der Waals surface area (Å²) in [5.74, 6) is 1.70. The predicted octanol–water partition coefficient (Wildman–Crippen LogP) is 1.96. The molecule has 6 heteroatoms. The quantitative estimate of drug-likeness (QED) is 0.844. The van der Waals surface area contributed by atoms with Crippen molar-refractivity contribution in [3.63, 3.8) is 0 Å². The van der Waals surface area contributed by atoms with E-state index >= 15 is 0 Å². The molecule has 0 radical (unpaired) electrons. The van der Waals surface area contributed by atoms with E-state index in [4.69, 9.17) is 15.2 Å². The molecule has 1 aliphatic rings. The van der Waals surface area contributed by atoms with Crippen LogP contribution >= 0.6 is 11.5 Å². The molecule has 0 bridgehead atoms. The Bertz CT molecular complexity index is 364. The van der Waals surface area contributed by atoms with Gasteiger partial charge >= 0.3 is 0 Å². The lowest BCUT2D eigenvalue weighted by atomic mass is 10.0. The number of nitrogens with zero attached hydrogens (tertiary/aromatic N) is 1. The fraction of sp³-hybridized carbons (Fsp3) is 0.727. The van der Waals surface area contributed by atoms with Crippen molar-refractivity contribution in [1.82, 2.24) is 4.37 Å². The number of nitrogens with one attached hydrogen (secondary N) is 1. The van der Waals surface area contributed by atoms with Gasteiger partial charge in [-0.05, 0) is 31.8 Å². The van der Waals surface area contributed by atoms with Gasteiger partial charge in [-0.25, -0.2) is 0 Å². The van der Waals surface area contributed by atoms with E-state index in [0.29, 0.717) is 30.1 Å². The van der Waals surface area contributed by atoms with E-state index in [2.05, 4.69) is 16.6 Å². The number of hydrogen-bond donors (Lipinski definition) is 2. The molecule has 0 saturated carbocycles. The SMILES string of the molecule is CCOc1c(N)nsc1NC(C)C1CCOC1. The van der Waals surface area contributed by atoms with Crippen LogP contribution < -0.4 is 15.8 Å². The number of anilines is 2. The van der Waals surface area contributed by atoms with Crippen LogP contribution in [0.1, 0.15) is 20.3 Å². The fourth-order valence-corrected chi connectivity index (χ4v) is 2.70. The summed E-state index contributed by atoms with van der Waals surface area (Å²) in [5, 5.41) is 4.35. The Hall–Kier alpha value is -1.01. The molecular weight excluding hydrogens is 238 g/mol. The molecule has 1 fully saturated rings. The van der Waals surface area contributed by atoms with Crippen molar-refractivity contribution in [2.24, 2.45) is 5.92 Å². The molecule has 5 nitrogen and oxygen atoms in total. The summed E-state index contributed by atoms with van der Waals surface area (Å²) in [6, 6.07) is 0.344.